The van der Waals surface area contributed by atoms with E-state index in [1.165, 1.54) is 11.1 Å². The third-order valence-corrected chi connectivity index (χ3v) is 3.25. The van der Waals surface area contributed by atoms with Gasteiger partial charge < -0.3 is 9.14 Å². The molecular formula is C16H16N2O. The minimum absolute atomic E-state index is 0.800. The Labute approximate surface area is 112 Å². The molecule has 3 aromatic rings. The number of aryl methyl sites for hydroxylation is 1. The number of imidazole rings is 1. The van der Waals surface area contributed by atoms with Crippen LogP contribution in [0.3, 0.4) is 0 Å². The standard InChI is InChI=1S/C16H16N2O/c1-12-6-7-14-10-17-16(18(14)11-12)9-13-4-3-5-15(8-13)19-2/h3-8,10-11H,9H2,1-2H3. The molecule has 3 heteroatoms. The molecule has 0 saturated heterocycles. The predicted molar refractivity (Wildman–Crippen MR) is 75.7 cm³/mol. The highest BCUT2D eigenvalue weighted by Crippen LogP contribution is 2.17. The molecule has 2 heterocycles. The fourth-order valence-electron chi connectivity index (χ4n) is 2.25. The summed E-state index contributed by atoms with van der Waals surface area (Å²) in [4.78, 5) is 4.51. The molecule has 0 aliphatic rings. The summed E-state index contributed by atoms with van der Waals surface area (Å²) in [6.45, 7) is 2.09. The van der Waals surface area contributed by atoms with Crippen molar-refractivity contribution >= 4 is 5.52 Å². The Morgan fingerprint density at radius 2 is 2.11 bits per heavy atom. The number of ether oxygens (including phenoxy) is 1. The fraction of sp³-hybridized carbons (Fsp3) is 0.188. The molecular weight excluding hydrogens is 236 g/mol. The highest BCUT2D eigenvalue weighted by molar-refractivity contribution is 5.47. The van der Waals surface area contributed by atoms with Crippen LogP contribution in [0.15, 0.2) is 48.8 Å². The molecule has 3 nitrogen and oxygen atoms in total. The molecule has 0 aliphatic heterocycles. The van der Waals surface area contributed by atoms with Crippen LogP contribution < -0.4 is 4.74 Å². The van der Waals surface area contributed by atoms with Crippen molar-refractivity contribution in [2.45, 2.75) is 13.3 Å². The van der Waals surface area contributed by atoms with E-state index in [1.54, 1.807) is 7.11 Å². The van der Waals surface area contributed by atoms with E-state index < -0.39 is 0 Å². The van der Waals surface area contributed by atoms with Gasteiger partial charge in [-0.25, -0.2) is 4.98 Å². The van der Waals surface area contributed by atoms with Crippen molar-refractivity contribution in [1.82, 2.24) is 9.38 Å². The first-order chi connectivity index (χ1) is 9.26. The lowest BCUT2D eigenvalue weighted by Gasteiger charge is -2.05. The summed E-state index contributed by atoms with van der Waals surface area (Å²) >= 11 is 0. The predicted octanol–water partition coefficient (Wildman–Crippen LogP) is 3.24. The maximum atomic E-state index is 5.25. The van der Waals surface area contributed by atoms with Crippen molar-refractivity contribution in [3.8, 4) is 5.75 Å². The number of hydrogen-bond donors (Lipinski definition) is 0. The largest absolute Gasteiger partial charge is 0.497 e. The molecule has 0 bridgehead atoms. The average Bonchev–Trinajstić information content (AvgIpc) is 2.81. The molecule has 0 spiro atoms. The number of pyridine rings is 1. The van der Waals surface area contributed by atoms with Gasteiger partial charge in [-0.05, 0) is 36.2 Å². The third kappa shape index (κ3) is 2.32. The molecule has 3 rings (SSSR count). The van der Waals surface area contributed by atoms with E-state index in [-0.39, 0.29) is 0 Å². The summed E-state index contributed by atoms with van der Waals surface area (Å²) in [5.74, 6) is 1.93. The Bertz CT molecular complexity index is 716. The van der Waals surface area contributed by atoms with Gasteiger partial charge in [0.25, 0.3) is 0 Å². The molecule has 19 heavy (non-hydrogen) atoms. The van der Waals surface area contributed by atoms with E-state index in [4.69, 9.17) is 4.74 Å². The first-order valence-electron chi connectivity index (χ1n) is 6.32. The van der Waals surface area contributed by atoms with Gasteiger partial charge in [-0.1, -0.05) is 18.2 Å². The van der Waals surface area contributed by atoms with Gasteiger partial charge in [0.05, 0.1) is 18.8 Å². The van der Waals surface area contributed by atoms with Crippen molar-refractivity contribution in [3.63, 3.8) is 0 Å². The van der Waals surface area contributed by atoms with Crippen LogP contribution in [0.1, 0.15) is 17.0 Å². The topological polar surface area (TPSA) is 26.5 Å². The van der Waals surface area contributed by atoms with Crippen LogP contribution in [0, 0.1) is 6.92 Å². The van der Waals surface area contributed by atoms with Crippen molar-refractivity contribution in [2.24, 2.45) is 0 Å². The quantitative estimate of drug-likeness (QED) is 0.715. The molecule has 2 aromatic heterocycles. The fourth-order valence-corrected chi connectivity index (χ4v) is 2.25. The smallest absolute Gasteiger partial charge is 0.119 e. The highest BCUT2D eigenvalue weighted by atomic mass is 16.5. The molecule has 0 radical (unpaired) electrons. The molecule has 0 unspecified atom stereocenters. The van der Waals surface area contributed by atoms with Crippen LogP contribution in [0.2, 0.25) is 0 Å². The van der Waals surface area contributed by atoms with Gasteiger partial charge in [-0.15, -0.1) is 0 Å². The monoisotopic (exact) mass is 252 g/mol. The molecule has 0 N–H and O–H groups in total. The molecule has 0 amide bonds. The molecule has 0 fully saturated rings. The number of fused-ring (bicyclic) bond motifs is 1. The van der Waals surface area contributed by atoms with Crippen molar-refractivity contribution in [2.75, 3.05) is 7.11 Å². The van der Waals surface area contributed by atoms with Crippen molar-refractivity contribution in [1.29, 1.82) is 0 Å². The van der Waals surface area contributed by atoms with Crippen molar-refractivity contribution in [3.05, 3.63) is 65.7 Å². The Balaban J connectivity index is 1.98. The zero-order chi connectivity index (χ0) is 13.2. The Hall–Kier alpha value is -2.29. The number of hydrogen-bond acceptors (Lipinski definition) is 2. The Kier molecular flexibility index (Phi) is 2.95. The molecule has 0 saturated carbocycles. The maximum absolute atomic E-state index is 5.25. The minimum atomic E-state index is 0.800. The summed E-state index contributed by atoms with van der Waals surface area (Å²) < 4.78 is 7.40. The van der Waals surface area contributed by atoms with E-state index in [0.29, 0.717) is 0 Å². The molecule has 1 aromatic carbocycles. The van der Waals surface area contributed by atoms with Crippen molar-refractivity contribution < 1.29 is 4.74 Å². The normalized spacial score (nSPS) is 10.8. The van der Waals surface area contributed by atoms with Crippen LogP contribution >= 0.6 is 0 Å². The molecule has 0 aliphatic carbocycles. The molecule has 96 valence electrons. The first kappa shape index (κ1) is 11.8. The summed E-state index contributed by atoms with van der Waals surface area (Å²) in [6, 6.07) is 12.3. The third-order valence-electron chi connectivity index (χ3n) is 3.25. The number of benzene rings is 1. The number of rotatable bonds is 3. The second-order valence-corrected chi connectivity index (χ2v) is 4.70. The Morgan fingerprint density at radius 3 is 2.95 bits per heavy atom. The lowest BCUT2D eigenvalue weighted by atomic mass is 10.1. The zero-order valence-electron chi connectivity index (χ0n) is 11.1. The van der Waals surface area contributed by atoms with Gasteiger partial charge in [0.1, 0.15) is 11.6 Å². The number of methoxy groups -OCH3 is 1. The van der Waals surface area contributed by atoms with E-state index in [2.05, 4.69) is 46.8 Å². The lowest BCUT2D eigenvalue weighted by Crippen LogP contribution is -1.97. The average molecular weight is 252 g/mol. The van der Waals surface area contributed by atoms with Gasteiger partial charge in [-0.2, -0.15) is 0 Å². The summed E-state index contributed by atoms with van der Waals surface area (Å²) in [6.07, 6.45) is 4.83. The maximum Gasteiger partial charge on any atom is 0.119 e. The Morgan fingerprint density at radius 1 is 1.21 bits per heavy atom. The molecule has 0 atom stereocenters. The zero-order valence-corrected chi connectivity index (χ0v) is 11.1. The van der Waals surface area contributed by atoms with Gasteiger partial charge in [0.2, 0.25) is 0 Å². The van der Waals surface area contributed by atoms with E-state index in [0.717, 1.165) is 23.5 Å². The number of nitrogens with zero attached hydrogens (tertiary/aromatic N) is 2. The summed E-state index contributed by atoms with van der Waals surface area (Å²) in [7, 11) is 1.69. The second kappa shape index (κ2) is 4.76. The van der Waals surface area contributed by atoms with Crippen LogP contribution in [-0.4, -0.2) is 16.5 Å². The van der Waals surface area contributed by atoms with Gasteiger partial charge in [0.15, 0.2) is 0 Å². The SMILES string of the molecule is COc1cccc(Cc2ncc3ccc(C)cn23)c1. The van der Waals surface area contributed by atoms with Gasteiger partial charge in [-0.3, -0.25) is 0 Å². The van der Waals surface area contributed by atoms with Crippen LogP contribution in [0.5, 0.6) is 5.75 Å². The highest BCUT2D eigenvalue weighted by Gasteiger charge is 2.05. The van der Waals surface area contributed by atoms with E-state index in [1.807, 2.05) is 18.3 Å². The summed E-state index contributed by atoms with van der Waals surface area (Å²) in [5, 5.41) is 0. The van der Waals surface area contributed by atoms with Crippen LogP contribution in [0.25, 0.3) is 5.52 Å². The van der Waals surface area contributed by atoms with Gasteiger partial charge in [0, 0.05) is 12.6 Å². The number of aromatic nitrogens is 2. The summed E-state index contributed by atoms with van der Waals surface area (Å²) in [5.41, 5.74) is 3.56. The van der Waals surface area contributed by atoms with E-state index in [9.17, 15) is 0 Å². The second-order valence-electron chi connectivity index (χ2n) is 4.70. The van der Waals surface area contributed by atoms with E-state index >= 15 is 0 Å². The van der Waals surface area contributed by atoms with Crippen LogP contribution in [0.4, 0.5) is 0 Å². The minimum Gasteiger partial charge on any atom is -0.497 e. The first-order valence-corrected chi connectivity index (χ1v) is 6.32. The van der Waals surface area contributed by atoms with Gasteiger partial charge >= 0.3 is 0 Å². The van der Waals surface area contributed by atoms with Crippen LogP contribution in [-0.2, 0) is 6.42 Å². The lowest BCUT2D eigenvalue weighted by molar-refractivity contribution is 0.414.